The van der Waals surface area contributed by atoms with E-state index in [-0.39, 0.29) is 17.6 Å². The van der Waals surface area contributed by atoms with Crippen LogP contribution in [0.4, 0.5) is 5.69 Å². The molecule has 0 spiro atoms. The molecule has 0 aromatic heterocycles. The van der Waals surface area contributed by atoms with E-state index in [4.69, 9.17) is 10.5 Å². The largest absolute Gasteiger partial charge is 0.326 e. The zero-order valence-electron chi connectivity index (χ0n) is 15.8. The zero-order chi connectivity index (χ0) is 19.8. The Bertz CT molecular complexity index is 747. The third-order valence-electron chi connectivity index (χ3n) is 4.57. The summed E-state index contributed by atoms with van der Waals surface area (Å²) < 4.78 is 0. The highest BCUT2D eigenvalue weighted by atomic mass is 17.0. The third kappa shape index (κ3) is 6.31. The summed E-state index contributed by atoms with van der Waals surface area (Å²) in [6, 6.07) is 15.6. The van der Waals surface area contributed by atoms with E-state index in [1.165, 1.54) is 0 Å². The van der Waals surface area contributed by atoms with Gasteiger partial charge in [0.05, 0.1) is 0 Å². The summed E-state index contributed by atoms with van der Waals surface area (Å²) >= 11 is 0. The van der Waals surface area contributed by atoms with Crippen LogP contribution in [0.5, 0.6) is 0 Å². The van der Waals surface area contributed by atoms with E-state index < -0.39 is 0 Å². The maximum absolute atomic E-state index is 12.1. The van der Waals surface area contributed by atoms with Gasteiger partial charge in [-0.1, -0.05) is 50.2 Å². The van der Waals surface area contributed by atoms with Crippen LogP contribution in [0.15, 0.2) is 48.5 Å². The number of rotatable bonds is 7. The highest BCUT2D eigenvalue weighted by molar-refractivity contribution is 5.99. The van der Waals surface area contributed by atoms with Crippen molar-refractivity contribution >= 4 is 17.4 Å². The van der Waals surface area contributed by atoms with Crippen molar-refractivity contribution in [3.8, 4) is 11.1 Å². The topological polar surface area (TPSA) is 86.6 Å². The maximum Gasteiger partial charge on any atom is 0.224 e. The molecule has 0 atom stereocenters. The van der Waals surface area contributed by atoms with E-state index in [0.717, 1.165) is 41.6 Å². The zero-order valence-corrected chi connectivity index (χ0v) is 15.8. The first kappa shape index (κ1) is 20.8. The number of hydrogen-bond donors (Lipinski definition) is 3. The smallest absolute Gasteiger partial charge is 0.224 e. The van der Waals surface area contributed by atoms with Gasteiger partial charge in [-0.15, -0.1) is 0 Å². The van der Waals surface area contributed by atoms with Crippen molar-refractivity contribution in [2.75, 3.05) is 5.32 Å². The standard InChI is InChI=1S/C22H25NO2.H2O2/c1-15(2)3-14-21(24)23-20-12-10-17(11-13-20)16-4-6-18(7-5-16)22(25)19-8-9-19;1-2/h4-7,10-13,15,19H,3,8-9,14H2,1-2H3,(H,23,24);1-2H. The maximum atomic E-state index is 12.1. The van der Waals surface area contributed by atoms with Crippen LogP contribution in [0, 0.1) is 11.8 Å². The van der Waals surface area contributed by atoms with Crippen molar-refractivity contribution in [2.45, 2.75) is 39.5 Å². The summed E-state index contributed by atoms with van der Waals surface area (Å²) in [7, 11) is 0. The van der Waals surface area contributed by atoms with Crippen molar-refractivity contribution < 1.29 is 20.1 Å². The van der Waals surface area contributed by atoms with Gasteiger partial charge in [-0.05, 0) is 48.4 Å². The fourth-order valence-electron chi connectivity index (χ4n) is 2.80. The minimum Gasteiger partial charge on any atom is -0.326 e. The van der Waals surface area contributed by atoms with E-state index >= 15 is 0 Å². The van der Waals surface area contributed by atoms with Crippen LogP contribution in [0.2, 0.25) is 0 Å². The van der Waals surface area contributed by atoms with Crippen molar-refractivity contribution in [2.24, 2.45) is 11.8 Å². The lowest BCUT2D eigenvalue weighted by Gasteiger charge is -2.08. The van der Waals surface area contributed by atoms with Crippen molar-refractivity contribution in [3.05, 3.63) is 54.1 Å². The number of nitrogens with one attached hydrogen (secondary N) is 1. The first-order chi connectivity index (χ1) is 13.0. The summed E-state index contributed by atoms with van der Waals surface area (Å²) in [4.78, 5) is 23.9. The van der Waals surface area contributed by atoms with Crippen LogP contribution in [0.3, 0.4) is 0 Å². The molecule has 0 radical (unpaired) electrons. The lowest BCUT2D eigenvalue weighted by Crippen LogP contribution is -2.11. The van der Waals surface area contributed by atoms with Gasteiger partial charge in [0.1, 0.15) is 0 Å². The number of carbonyl (C=O) groups excluding carboxylic acids is 2. The first-order valence-electron chi connectivity index (χ1n) is 9.27. The monoisotopic (exact) mass is 369 g/mol. The molecule has 0 bridgehead atoms. The second-order valence-corrected chi connectivity index (χ2v) is 7.27. The summed E-state index contributed by atoms with van der Waals surface area (Å²) in [5, 5.41) is 14.9. The Morgan fingerprint density at radius 2 is 1.48 bits per heavy atom. The van der Waals surface area contributed by atoms with Gasteiger partial charge in [0.2, 0.25) is 5.91 Å². The molecule has 27 heavy (non-hydrogen) atoms. The van der Waals surface area contributed by atoms with E-state index in [1.54, 1.807) is 0 Å². The van der Waals surface area contributed by atoms with Gasteiger partial charge in [0, 0.05) is 23.6 Å². The minimum absolute atomic E-state index is 0.0596. The van der Waals surface area contributed by atoms with E-state index in [2.05, 4.69) is 19.2 Å². The van der Waals surface area contributed by atoms with Crippen molar-refractivity contribution in [1.29, 1.82) is 0 Å². The molecular formula is C22H27NO4. The second-order valence-electron chi connectivity index (χ2n) is 7.27. The number of hydrogen-bond acceptors (Lipinski definition) is 4. The summed E-state index contributed by atoms with van der Waals surface area (Å²) in [5.74, 6) is 1.11. The number of carbonyl (C=O) groups is 2. The third-order valence-corrected chi connectivity index (χ3v) is 4.57. The van der Waals surface area contributed by atoms with Crippen molar-refractivity contribution in [3.63, 3.8) is 0 Å². The molecule has 144 valence electrons. The Hall–Kier alpha value is -2.50. The van der Waals surface area contributed by atoms with E-state index in [0.29, 0.717) is 12.3 Å². The summed E-state index contributed by atoms with van der Waals surface area (Å²) in [5.41, 5.74) is 3.77. The molecule has 3 N–H and O–H groups in total. The van der Waals surface area contributed by atoms with E-state index in [1.807, 2.05) is 48.5 Å². The van der Waals surface area contributed by atoms with Gasteiger partial charge in [0.15, 0.2) is 5.78 Å². The fraction of sp³-hybridized carbons (Fsp3) is 0.364. The molecule has 0 heterocycles. The first-order valence-corrected chi connectivity index (χ1v) is 9.27. The molecule has 0 unspecified atom stereocenters. The van der Waals surface area contributed by atoms with Crippen LogP contribution >= 0.6 is 0 Å². The average Bonchev–Trinajstić information content (AvgIpc) is 3.53. The lowest BCUT2D eigenvalue weighted by molar-refractivity contribution is -0.176. The Morgan fingerprint density at radius 1 is 0.963 bits per heavy atom. The van der Waals surface area contributed by atoms with Crippen LogP contribution in [-0.2, 0) is 4.79 Å². The molecule has 2 aromatic carbocycles. The molecule has 1 fully saturated rings. The van der Waals surface area contributed by atoms with E-state index in [9.17, 15) is 9.59 Å². The molecule has 1 saturated carbocycles. The fourth-order valence-corrected chi connectivity index (χ4v) is 2.80. The molecule has 5 heteroatoms. The van der Waals surface area contributed by atoms with Crippen LogP contribution in [-0.4, -0.2) is 22.2 Å². The SMILES string of the molecule is CC(C)CCC(=O)Nc1ccc(-c2ccc(C(=O)C3CC3)cc2)cc1.OO. The highest BCUT2D eigenvalue weighted by Gasteiger charge is 2.30. The molecule has 2 aromatic rings. The predicted octanol–water partition coefficient (Wildman–Crippen LogP) is 5.34. The number of Topliss-reactive ketones (excluding diaryl/α,β-unsaturated/α-hetero) is 1. The Labute approximate surface area is 160 Å². The Kier molecular flexibility index (Phi) is 7.70. The van der Waals surface area contributed by atoms with Crippen LogP contribution < -0.4 is 5.32 Å². The molecule has 0 aliphatic heterocycles. The number of ketones is 1. The van der Waals surface area contributed by atoms with Crippen LogP contribution in [0.25, 0.3) is 11.1 Å². The molecule has 3 rings (SSSR count). The van der Waals surface area contributed by atoms with Gasteiger partial charge in [0.25, 0.3) is 0 Å². The Morgan fingerprint density at radius 3 is 1.96 bits per heavy atom. The minimum atomic E-state index is 0.0596. The van der Waals surface area contributed by atoms with Crippen LogP contribution in [0.1, 0.15) is 49.9 Å². The Balaban J connectivity index is 0.00000126. The highest BCUT2D eigenvalue weighted by Crippen LogP contribution is 2.33. The molecule has 5 nitrogen and oxygen atoms in total. The molecule has 1 aliphatic rings. The van der Waals surface area contributed by atoms with Gasteiger partial charge in [-0.2, -0.15) is 0 Å². The predicted molar refractivity (Wildman–Crippen MR) is 107 cm³/mol. The van der Waals surface area contributed by atoms with Gasteiger partial charge < -0.3 is 5.32 Å². The van der Waals surface area contributed by atoms with Crippen molar-refractivity contribution in [1.82, 2.24) is 0 Å². The molecular weight excluding hydrogens is 342 g/mol. The van der Waals surface area contributed by atoms with Gasteiger partial charge in [-0.25, -0.2) is 0 Å². The lowest BCUT2D eigenvalue weighted by atomic mass is 10.0. The van der Waals surface area contributed by atoms with Gasteiger partial charge in [-0.3, -0.25) is 20.1 Å². The van der Waals surface area contributed by atoms with Gasteiger partial charge >= 0.3 is 0 Å². The number of benzene rings is 2. The molecule has 1 amide bonds. The molecule has 0 saturated heterocycles. The summed E-state index contributed by atoms with van der Waals surface area (Å²) in [6.45, 7) is 4.23. The number of anilines is 1. The quantitative estimate of drug-likeness (QED) is 0.349. The summed E-state index contributed by atoms with van der Waals surface area (Å²) in [6.07, 6.45) is 3.52. The average molecular weight is 369 g/mol. The molecule has 1 aliphatic carbocycles. The normalized spacial score (nSPS) is 12.9. The second kappa shape index (κ2) is 10.00. The number of amides is 1.